The fourth-order valence-electron chi connectivity index (χ4n) is 2.84. The summed E-state index contributed by atoms with van der Waals surface area (Å²) in [5, 5.41) is -0.482. The van der Waals surface area contributed by atoms with E-state index in [1.54, 1.807) is 13.0 Å². The van der Waals surface area contributed by atoms with Crippen LogP contribution in [0.3, 0.4) is 0 Å². The molecule has 2 aromatic carbocycles. The Bertz CT molecular complexity index is 966. The smallest absolute Gasteiger partial charge is 0.329 e. The second-order valence-corrected chi connectivity index (χ2v) is 7.82. The second kappa shape index (κ2) is 9.63. The van der Waals surface area contributed by atoms with Gasteiger partial charge >= 0.3 is 5.97 Å². The van der Waals surface area contributed by atoms with Crippen molar-refractivity contribution in [1.82, 2.24) is 4.90 Å². The van der Waals surface area contributed by atoms with Crippen molar-refractivity contribution < 1.29 is 23.9 Å². The topological polar surface area (TPSA) is 72.9 Å². The van der Waals surface area contributed by atoms with Crippen molar-refractivity contribution in [3.63, 3.8) is 0 Å². The van der Waals surface area contributed by atoms with Crippen LogP contribution in [0.4, 0.5) is 4.79 Å². The molecule has 0 spiro atoms. The molecule has 30 heavy (non-hydrogen) atoms. The highest BCUT2D eigenvalue weighted by Gasteiger charge is 2.41. The molecule has 1 aliphatic rings. The van der Waals surface area contributed by atoms with E-state index in [1.165, 1.54) is 12.5 Å². The van der Waals surface area contributed by atoms with E-state index in [9.17, 15) is 14.4 Å². The Morgan fingerprint density at radius 1 is 1.10 bits per heavy atom. The molecule has 0 saturated carbocycles. The predicted molar refractivity (Wildman–Crippen MR) is 116 cm³/mol. The number of aryl methyl sites for hydroxylation is 1. The van der Waals surface area contributed by atoms with Gasteiger partial charge in [0.25, 0.3) is 11.1 Å². The van der Waals surface area contributed by atoms with Crippen molar-refractivity contribution in [1.29, 1.82) is 0 Å². The maximum atomic E-state index is 12.6. The van der Waals surface area contributed by atoms with Crippen LogP contribution in [0, 0.1) is 6.92 Å². The molecule has 1 fully saturated rings. The summed E-state index contributed by atoms with van der Waals surface area (Å²) in [5.41, 5.74) is 3.03. The lowest BCUT2D eigenvalue weighted by atomic mass is 10.1. The molecule has 2 amide bonds. The minimum Gasteiger partial charge on any atom is -0.489 e. The molecule has 3 rings (SSSR count). The SMILES string of the molecule is CCOC(=O)[C@H](C)N1C(=O)S/C(=C/c2ccc(OCc3ccc(C)cc3)cc2)C1=O. The number of hydrogen-bond donors (Lipinski definition) is 0. The van der Waals surface area contributed by atoms with E-state index in [1.807, 2.05) is 55.5 Å². The molecule has 1 heterocycles. The summed E-state index contributed by atoms with van der Waals surface area (Å²) in [4.78, 5) is 37.9. The molecule has 2 aromatic rings. The van der Waals surface area contributed by atoms with Gasteiger partial charge in [-0.3, -0.25) is 14.5 Å². The Balaban J connectivity index is 1.65. The zero-order valence-corrected chi connectivity index (χ0v) is 17.9. The zero-order chi connectivity index (χ0) is 21.7. The Morgan fingerprint density at radius 3 is 2.40 bits per heavy atom. The Hall–Kier alpha value is -3.06. The molecule has 1 aliphatic heterocycles. The van der Waals surface area contributed by atoms with E-state index in [0.29, 0.717) is 12.4 Å². The van der Waals surface area contributed by atoms with Gasteiger partial charge in [0.15, 0.2) is 0 Å². The second-order valence-electron chi connectivity index (χ2n) is 6.82. The van der Waals surface area contributed by atoms with Crippen LogP contribution in [-0.4, -0.2) is 34.7 Å². The monoisotopic (exact) mass is 425 g/mol. The highest BCUT2D eigenvalue weighted by Crippen LogP contribution is 2.34. The van der Waals surface area contributed by atoms with Gasteiger partial charge in [-0.25, -0.2) is 4.79 Å². The summed E-state index contributed by atoms with van der Waals surface area (Å²) >= 11 is 0.813. The normalized spacial score (nSPS) is 16.1. The molecule has 0 radical (unpaired) electrons. The van der Waals surface area contributed by atoms with Crippen LogP contribution in [-0.2, 0) is 20.9 Å². The van der Waals surface area contributed by atoms with E-state index < -0.39 is 23.2 Å². The van der Waals surface area contributed by atoms with Gasteiger partial charge in [-0.2, -0.15) is 0 Å². The zero-order valence-electron chi connectivity index (χ0n) is 17.1. The van der Waals surface area contributed by atoms with Gasteiger partial charge in [-0.15, -0.1) is 0 Å². The molecule has 156 valence electrons. The molecular weight excluding hydrogens is 402 g/mol. The van der Waals surface area contributed by atoms with Crippen molar-refractivity contribution in [2.45, 2.75) is 33.4 Å². The minimum atomic E-state index is -0.957. The lowest BCUT2D eigenvalue weighted by molar-refractivity contribution is -0.150. The van der Waals surface area contributed by atoms with Crippen LogP contribution in [0.1, 0.15) is 30.5 Å². The number of nitrogens with zero attached hydrogens (tertiary/aromatic N) is 1. The molecule has 6 nitrogen and oxygen atoms in total. The number of carbonyl (C=O) groups is 3. The molecule has 0 aromatic heterocycles. The maximum Gasteiger partial charge on any atom is 0.329 e. The number of benzene rings is 2. The van der Waals surface area contributed by atoms with Gasteiger partial charge in [0.2, 0.25) is 0 Å². The quantitative estimate of drug-likeness (QED) is 0.478. The maximum absolute atomic E-state index is 12.6. The lowest BCUT2D eigenvalue weighted by Gasteiger charge is -2.19. The molecule has 0 unspecified atom stereocenters. The molecule has 7 heteroatoms. The first kappa shape index (κ1) is 21.6. The average molecular weight is 426 g/mol. The van der Waals surface area contributed by atoms with Crippen LogP contribution >= 0.6 is 11.8 Å². The van der Waals surface area contributed by atoms with Crippen LogP contribution in [0.2, 0.25) is 0 Å². The van der Waals surface area contributed by atoms with Crippen molar-refractivity contribution in [2.75, 3.05) is 6.61 Å². The number of ether oxygens (including phenoxy) is 2. The predicted octanol–water partition coefficient (Wildman–Crippen LogP) is 4.56. The van der Waals surface area contributed by atoms with Crippen molar-refractivity contribution >= 4 is 35.0 Å². The summed E-state index contributed by atoms with van der Waals surface area (Å²) in [6, 6.07) is 14.4. The number of thioether (sulfide) groups is 1. The van der Waals surface area contributed by atoms with Crippen LogP contribution in [0.15, 0.2) is 53.4 Å². The van der Waals surface area contributed by atoms with E-state index in [0.717, 1.165) is 27.8 Å². The van der Waals surface area contributed by atoms with Crippen LogP contribution < -0.4 is 4.74 Å². The summed E-state index contributed by atoms with van der Waals surface area (Å²) in [5.74, 6) is -0.391. The van der Waals surface area contributed by atoms with E-state index in [4.69, 9.17) is 9.47 Å². The molecule has 1 saturated heterocycles. The largest absolute Gasteiger partial charge is 0.489 e. The van der Waals surface area contributed by atoms with E-state index >= 15 is 0 Å². The number of carbonyl (C=O) groups excluding carboxylic acids is 3. The first-order chi connectivity index (χ1) is 14.4. The molecular formula is C23H23NO5S. The molecule has 1 atom stereocenters. The van der Waals surface area contributed by atoms with Gasteiger partial charge < -0.3 is 9.47 Å². The highest BCUT2D eigenvalue weighted by atomic mass is 32.2. The first-order valence-electron chi connectivity index (χ1n) is 9.61. The Morgan fingerprint density at radius 2 is 1.77 bits per heavy atom. The number of amides is 2. The molecule has 0 N–H and O–H groups in total. The summed E-state index contributed by atoms with van der Waals surface area (Å²) in [6.45, 7) is 5.84. The summed E-state index contributed by atoms with van der Waals surface area (Å²) in [6.07, 6.45) is 1.63. The van der Waals surface area contributed by atoms with Crippen molar-refractivity contribution in [3.8, 4) is 5.75 Å². The summed E-state index contributed by atoms with van der Waals surface area (Å²) in [7, 11) is 0. The van der Waals surface area contributed by atoms with Gasteiger partial charge in [-0.1, -0.05) is 42.0 Å². The lowest BCUT2D eigenvalue weighted by Crippen LogP contribution is -2.42. The number of hydrogen-bond acceptors (Lipinski definition) is 6. The fraction of sp³-hybridized carbons (Fsp3) is 0.261. The van der Waals surface area contributed by atoms with Gasteiger partial charge in [0, 0.05) is 0 Å². The van der Waals surface area contributed by atoms with Crippen LogP contribution in [0.5, 0.6) is 5.75 Å². The molecule has 0 bridgehead atoms. The minimum absolute atomic E-state index is 0.188. The number of rotatable bonds is 7. The third-order valence-electron chi connectivity index (χ3n) is 4.54. The van der Waals surface area contributed by atoms with Gasteiger partial charge in [-0.05, 0) is 61.9 Å². The number of imide groups is 1. The van der Waals surface area contributed by atoms with E-state index in [-0.39, 0.29) is 11.5 Å². The third kappa shape index (κ3) is 5.10. The van der Waals surface area contributed by atoms with Gasteiger partial charge in [0.05, 0.1) is 11.5 Å². The fourth-order valence-corrected chi connectivity index (χ4v) is 3.75. The third-order valence-corrected chi connectivity index (χ3v) is 5.43. The Kier molecular flexibility index (Phi) is 6.95. The van der Waals surface area contributed by atoms with Crippen molar-refractivity contribution in [3.05, 3.63) is 70.1 Å². The molecule has 0 aliphatic carbocycles. The van der Waals surface area contributed by atoms with Crippen molar-refractivity contribution in [2.24, 2.45) is 0 Å². The highest BCUT2D eigenvalue weighted by molar-refractivity contribution is 8.18. The number of esters is 1. The van der Waals surface area contributed by atoms with Gasteiger partial charge in [0.1, 0.15) is 18.4 Å². The standard InChI is InChI=1S/C23H23NO5S/c1-4-28-22(26)16(3)24-21(25)20(30-23(24)27)13-17-9-11-19(12-10-17)29-14-18-7-5-15(2)6-8-18/h5-13,16H,4,14H2,1-3H3/b20-13+/t16-/m0/s1. The van der Waals surface area contributed by atoms with E-state index in [2.05, 4.69) is 0 Å². The first-order valence-corrected chi connectivity index (χ1v) is 10.4. The average Bonchev–Trinajstić information content (AvgIpc) is 3.01. The van der Waals surface area contributed by atoms with Crippen LogP contribution in [0.25, 0.3) is 6.08 Å². The Labute approximate surface area is 179 Å². The summed E-state index contributed by atoms with van der Waals surface area (Å²) < 4.78 is 10.7.